The van der Waals surface area contributed by atoms with Gasteiger partial charge in [0.2, 0.25) is 0 Å². The minimum atomic E-state index is -0.150. The van der Waals surface area contributed by atoms with Crippen molar-refractivity contribution in [2.75, 3.05) is 39.3 Å². The molecule has 0 saturated carbocycles. The van der Waals surface area contributed by atoms with Crippen molar-refractivity contribution in [3.05, 3.63) is 30.0 Å². The minimum Gasteiger partial charge on any atom is -0.373 e. The fraction of sp³-hybridized carbons (Fsp3) is 0.636. The van der Waals surface area contributed by atoms with Crippen molar-refractivity contribution in [2.45, 2.75) is 37.7 Å². The second-order valence-corrected chi connectivity index (χ2v) is 8.89. The molecule has 6 nitrogen and oxygen atoms in total. The molecule has 3 aliphatic heterocycles. The highest BCUT2D eigenvalue weighted by atomic mass is 16.5. The fourth-order valence-corrected chi connectivity index (χ4v) is 5.46. The molecule has 6 heteroatoms. The van der Waals surface area contributed by atoms with Crippen LogP contribution in [0.1, 0.15) is 42.6 Å². The number of benzene rings is 1. The van der Waals surface area contributed by atoms with Crippen LogP contribution in [-0.2, 0) is 11.8 Å². The standard InChI is InChI=1S/C22H30N4O2/c1-24-19-8-3-2-7-18(19)20(23-24)21(27)26-12-6-9-22(16-26)13-17(15-28-22)14-25-10-4-5-11-25/h2-3,7-8,17H,4-6,9-16H2,1H3/t17-,22+/m0/s1. The first-order valence-corrected chi connectivity index (χ1v) is 10.7. The number of rotatable bonds is 3. The molecule has 3 fully saturated rings. The highest BCUT2D eigenvalue weighted by molar-refractivity contribution is 6.04. The lowest BCUT2D eigenvalue weighted by Gasteiger charge is -2.39. The molecule has 150 valence electrons. The molecular weight excluding hydrogens is 352 g/mol. The summed E-state index contributed by atoms with van der Waals surface area (Å²) < 4.78 is 8.17. The molecule has 0 bridgehead atoms. The van der Waals surface area contributed by atoms with Crippen molar-refractivity contribution in [3.8, 4) is 0 Å². The Morgan fingerprint density at radius 2 is 2.04 bits per heavy atom. The van der Waals surface area contributed by atoms with Gasteiger partial charge in [-0.2, -0.15) is 5.10 Å². The number of aryl methyl sites for hydroxylation is 1. The smallest absolute Gasteiger partial charge is 0.275 e. The largest absolute Gasteiger partial charge is 0.373 e. The van der Waals surface area contributed by atoms with Gasteiger partial charge in [-0.1, -0.05) is 18.2 Å². The van der Waals surface area contributed by atoms with E-state index < -0.39 is 0 Å². The first-order valence-electron chi connectivity index (χ1n) is 10.7. The zero-order chi connectivity index (χ0) is 19.1. The number of ether oxygens (including phenoxy) is 1. The summed E-state index contributed by atoms with van der Waals surface area (Å²) in [4.78, 5) is 17.9. The number of piperidine rings is 1. The summed E-state index contributed by atoms with van der Waals surface area (Å²) >= 11 is 0. The molecule has 5 rings (SSSR count). The second kappa shape index (κ2) is 7.16. The zero-order valence-corrected chi connectivity index (χ0v) is 16.8. The van der Waals surface area contributed by atoms with Gasteiger partial charge in [-0.15, -0.1) is 0 Å². The molecule has 1 aromatic carbocycles. The number of carbonyl (C=O) groups excluding carboxylic acids is 1. The van der Waals surface area contributed by atoms with Crippen molar-refractivity contribution in [1.82, 2.24) is 19.6 Å². The molecule has 1 spiro atoms. The van der Waals surface area contributed by atoms with Crippen molar-refractivity contribution >= 4 is 16.8 Å². The lowest BCUT2D eigenvalue weighted by Crippen LogP contribution is -2.50. The van der Waals surface area contributed by atoms with Gasteiger partial charge in [0, 0.05) is 25.5 Å². The predicted octanol–water partition coefficient (Wildman–Crippen LogP) is 2.68. The number of amides is 1. The molecule has 3 aliphatic rings. The van der Waals surface area contributed by atoms with Gasteiger partial charge in [0.25, 0.3) is 5.91 Å². The number of para-hydroxylation sites is 1. The number of carbonyl (C=O) groups is 1. The Morgan fingerprint density at radius 3 is 2.89 bits per heavy atom. The molecule has 1 amide bonds. The maximum absolute atomic E-state index is 13.3. The Hall–Kier alpha value is -1.92. The molecule has 2 aromatic rings. The average Bonchev–Trinajstić information content (AvgIpc) is 3.43. The SMILES string of the molecule is Cn1nc(C(=O)N2CCC[C@@]3(C[C@@H](CN4CCCC4)CO3)C2)c2ccccc21. The lowest BCUT2D eigenvalue weighted by molar-refractivity contribution is -0.0451. The van der Waals surface area contributed by atoms with E-state index in [1.54, 1.807) is 4.68 Å². The van der Waals surface area contributed by atoms with E-state index in [9.17, 15) is 4.79 Å². The van der Waals surface area contributed by atoms with Crippen molar-refractivity contribution in [3.63, 3.8) is 0 Å². The van der Waals surface area contributed by atoms with Crippen LogP contribution in [0.2, 0.25) is 0 Å². The monoisotopic (exact) mass is 382 g/mol. The maximum Gasteiger partial charge on any atom is 0.275 e. The summed E-state index contributed by atoms with van der Waals surface area (Å²) in [6.45, 7) is 5.96. The number of aromatic nitrogens is 2. The lowest BCUT2D eigenvalue weighted by atomic mass is 9.86. The van der Waals surface area contributed by atoms with Crippen LogP contribution in [0.5, 0.6) is 0 Å². The number of fused-ring (bicyclic) bond motifs is 1. The van der Waals surface area contributed by atoms with Crippen LogP contribution in [-0.4, -0.2) is 70.4 Å². The summed E-state index contributed by atoms with van der Waals surface area (Å²) in [5, 5.41) is 5.48. The van der Waals surface area contributed by atoms with Gasteiger partial charge < -0.3 is 14.5 Å². The van der Waals surface area contributed by atoms with Crippen LogP contribution in [0.4, 0.5) is 0 Å². The third-order valence-electron chi connectivity index (χ3n) is 6.79. The van der Waals surface area contributed by atoms with E-state index in [0.717, 1.165) is 49.9 Å². The molecule has 0 N–H and O–H groups in total. The quantitative estimate of drug-likeness (QED) is 0.819. The number of hydrogen-bond acceptors (Lipinski definition) is 4. The Labute approximate surface area is 166 Å². The first-order chi connectivity index (χ1) is 13.6. The van der Waals surface area contributed by atoms with Crippen LogP contribution < -0.4 is 0 Å². The van der Waals surface area contributed by atoms with Crippen LogP contribution in [0, 0.1) is 5.92 Å². The van der Waals surface area contributed by atoms with Crippen molar-refractivity contribution in [2.24, 2.45) is 13.0 Å². The molecule has 2 atom stereocenters. The Kier molecular flexibility index (Phi) is 4.63. The van der Waals surface area contributed by atoms with Gasteiger partial charge in [0.15, 0.2) is 5.69 Å². The molecule has 3 saturated heterocycles. The molecule has 1 aromatic heterocycles. The van der Waals surface area contributed by atoms with E-state index >= 15 is 0 Å². The van der Waals surface area contributed by atoms with Crippen LogP contribution >= 0.6 is 0 Å². The van der Waals surface area contributed by atoms with Crippen molar-refractivity contribution < 1.29 is 9.53 Å². The maximum atomic E-state index is 13.3. The van der Waals surface area contributed by atoms with E-state index in [-0.39, 0.29) is 11.5 Å². The normalized spacial score (nSPS) is 28.6. The van der Waals surface area contributed by atoms with E-state index in [2.05, 4.69) is 10.00 Å². The Bertz CT molecular complexity index is 873. The summed E-state index contributed by atoms with van der Waals surface area (Å²) in [6.07, 6.45) is 5.82. The summed E-state index contributed by atoms with van der Waals surface area (Å²) in [5.74, 6) is 0.645. The van der Waals surface area contributed by atoms with Gasteiger partial charge in [-0.25, -0.2) is 0 Å². The molecule has 0 unspecified atom stereocenters. The van der Waals surface area contributed by atoms with Gasteiger partial charge in [-0.3, -0.25) is 9.48 Å². The fourth-order valence-electron chi connectivity index (χ4n) is 5.46. The first kappa shape index (κ1) is 18.1. The van der Waals surface area contributed by atoms with Gasteiger partial charge >= 0.3 is 0 Å². The molecule has 0 radical (unpaired) electrons. The average molecular weight is 383 g/mol. The highest BCUT2D eigenvalue weighted by Gasteiger charge is 2.45. The zero-order valence-electron chi connectivity index (χ0n) is 16.8. The third kappa shape index (κ3) is 3.22. The topological polar surface area (TPSA) is 50.6 Å². The highest BCUT2D eigenvalue weighted by Crippen LogP contribution is 2.38. The van der Waals surface area contributed by atoms with Crippen molar-refractivity contribution in [1.29, 1.82) is 0 Å². The van der Waals surface area contributed by atoms with E-state index in [0.29, 0.717) is 18.2 Å². The number of nitrogens with zero attached hydrogens (tertiary/aromatic N) is 4. The summed E-state index contributed by atoms with van der Waals surface area (Å²) in [5.41, 5.74) is 1.42. The summed E-state index contributed by atoms with van der Waals surface area (Å²) in [6, 6.07) is 7.97. The van der Waals surface area contributed by atoms with Gasteiger partial charge in [0.1, 0.15) is 0 Å². The van der Waals surface area contributed by atoms with Crippen LogP contribution in [0.25, 0.3) is 10.9 Å². The van der Waals surface area contributed by atoms with E-state index in [1.165, 1.54) is 25.9 Å². The van der Waals surface area contributed by atoms with Crippen LogP contribution in [0.15, 0.2) is 24.3 Å². The number of hydrogen-bond donors (Lipinski definition) is 0. The Balaban J connectivity index is 1.31. The second-order valence-electron chi connectivity index (χ2n) is 8.89. The molecule has 4 heterocycles. The molecule has 0 aliphatic carbocycles. The van der Waals surface area contributed by atoms with Gasteiger partial charge in [-0.05, 0) is 57.2 Å². The van der Waals surface area contributed by atoms with Crippen LogP contribution in [0.3, 0.4) is 0 Å². The molecular formula is C22H30N4O2. The minimum absolute atomic E-state index is 0.0440. The Morgan fingerprint density at radius 1 is 1.21 bits per heavy atom. The number of likely N-dealkylation sites (tertiary alicyclic amines) is 2. The molecule has 28 heavy (non-hydrogen) atoms. The van der Waals surface area contributed by atoms with E-state index in [4.69, 9.17) is 4.74 Å². The van der Waals surface area contributed by atoms with E-state index in [1.807, 2.05) is 36.2 Å². The third-order valence-corrected chi connectivity index (χ3v) is 6.79. The van der Waals surface area contributed by atoms with Gasteiger partial charge in [0.05, 0.1) is 24.3 Å². The summed E-state index contributed by atoms with van der Waals surface area (Å²) in [7, 11) is 1.90. The predicted molar refractivity (Wildman–Crippen MR) is 108 cm³/mol.